The lowest BCUT2D eigenvalue weighted by atomic mass is 9.48. The summed E-state index contributed by atoms with van der Waals surface area (Å²) >= 11 is 0. The van der Waals surface area contributed by atoms with Gasteiger partial charge in [0.2, 0.25) is 0 Å². The van der Waals surface area contributed by atoms with E-state index in [2.05, 4.69) is 20.8 Å². The highest BCUT2D eigenvalue weighted by atomic mass is 32.2. The minimum atomic E-state index is -4.35. The van der Waals surface area contributed by atoms with Gasteiger partial charge in [0.1, 0.15) is 27.5 Å². The van der Waals surface area contributed by atoms with Crippen molar-refractivity contribution in [3.05, 3.63) is 0 Å². The Morgan fingerprint density at radius 1 is 0.686 bits per heavy atom. The highest BCUT2D eigenvalue weighted by Crippen LogP contribution is 2.56. The topological polar surface area (TPSA) is 158 Å². The third-order valence-electron chi connectivity index (χ3n) is 12.2. The van der Waals surface area contributed by atoms with Crippen LogP contribution in [0.5, 0.6) is 0 Å². The number of hydrogen-bond acceptors (Lipinski definition) is 9. The maximum Gasteiger partial charge on any atom is 0.139 e. The van der Waals surface area contributed by atoms with E-state index in [1.54, 1.807) is 7.11 Å². The summed E-state index contributed by atoms with van der Waals surface area (Å²) in [6.45, 7) is 20.2. The van der Waals surface area contributed by atoms with Gasteiger partial charge >= 0.3 is 0 Å². The van der Waals surface area contributed by atoms with Crippen molar-refractivity contribution in [2.24, 2.45) is 33.5 Å². The number of nitrogens with zero attached hydrogens (tertiary/aromatic N) is 2. The first-order valence-corrected chi connectivity index (χ1v) is 20.4. The SMILES string of the molecule is CCC(C)(C(=O)CCC[N+](C)(C)CCC(=O)[O-])C(C)C(C)(C(=O)CCCOC)C(C)C(C)(CC(C)(C)C)C(=O)CCC[N+](C)(C)CCS(=O)(=O)[O-]. The van der Waals surface area contributed by atoms with Gasteiger partial charge in [0.25, 0.3) is 0 Å². The van der Waals surface area contributed by atoms with Crippen molar-refractivity contribution in [3.63, 3.8) is 0 Å². The fourth-order valence-electron chi connectivity index (χ4n) is 8.05. The quantitative estimate of drug-likeness (QED) is 0.0663. The van der Waals surface area contributed by atoms with Crippen molar-refractivity contribution in [2.45, 2.75) is 120 Å². The first-order chi connectivity index (χ1) is 22.9. The second-order valence-electron chi connectivity index (χ2n) is 18.4. The first kappa shape index (κ1) is 49.3. The minimum Gasteiger partial charge on any atom is -0.748 e. The number of aliphatic carboxylic acids is 1. The Labute approximate surface area is 311 Å². The van der Waals surface area contributed by atoms with E-state index in [4.69, 9.17) is 4.74 Å². The number of ether oxygens (including phenoxy) is 1. The van der Waals surface area contributed by atoms with Crippen LogP contribution in [0.25, 0.3) is 0 Å². The van der Waals surface area contributed by atoms with Gasteiger partial charge in [-0.3, -0.25) is 14.4 Å². The molecule has 11 nitrogen and oxygen atoms in total. The average Bonchev–Trinajstić information content (AvgIpc) is 2.99. The molecule has 0 aromatic heterocycles. The molecule has 0 aromatic carbocycles. The summed E-state index contributed by atoms with van der Waals surface area (Å²) in [7, 11) is 4.82. The van der Waals surface area contributed by atoms with Crippen LogP contribution < -0.4 is 5.11 Å². The van der Waals surface area contributed by atoms with E-state index in [1.165, 1.54) is 0 Å². The normalized spacial score (nSPS) is 17.9. The van der Waals surface area contributed by atoms with Crippen molar-refractivity contribution in [3.8, 4) is 0 Å². The van der Waals surface area contributed by atoms with Gasteiger partial charge in [0.05, 0.1) is 60.1 Å². The van der Waals surface area contributed by atoms with Crippen molar-refractivity contribution in [2.75, 3.05) is 73.8 Å². The van der Waals surface area contributed by atoms with Gasteiger partial charge in [-0.2, -0.15) is 0 Å². The van der Waals surface area contributed by atoms with Crippen molar-refractivity contribution < 1.29 is 51.0 Å². The Kier molecular flexibility index (Phi) is 18.9. The number of carbonyl (C=O) groups is 4. The lowest BCUT2D eigenvalue weighted by Gasteiger charge is -2.53. The second-order valence-corrected chi connectivity index (χ2v) is 19.9. The number of rotatable bonds is 27. The van der Waals surface area contributed by atoms with E-state index in [-0.39, 0.29) is 53.1 Å². The number of hydrogen-bond donors (Lipinski definition) is 0. The number of carbonyl (C=O) groups excluding carboxylic acids is 4. The summed E-state index contributed by atoms with van der Waals surface area (Å²) in [6, 6.07) is 0. The van der Waals surface area contributed by atoms with Crippen molar-refractivity contribution in [1.29, 1.82) is 0 Å². The summed E-state index contributed by atoms with van der Waals surface area (Å²) < 4.78 is 39.8. The molecule has 0 N–H and O–H groups in total. The summed E-state index contributed by atoms with van der Waals surface area (Å²) in [5.74, 6) is -2.31. The van der Waals surface area contributed by atoms with E-state index in [1.807, 2.05) is 69.7 Å². The second kappa shape index (κ2) is 19.6. The monoisotopic (exact) mass is 747 g/mol. The molecule has 300 valence electrons. The fourth-order valence-corrected chi connectivity index (χ4v) is 8.77. The molecule has 0 rings (SSSR count). The Bertz CT molecular complexity index is 1270. The molecule has 0 aliphatic rings. The number of carboxylic acid groups (broad SMARTS) is 1. The molecular weight excluding hydrogens is 673 g/mol. The molecule has 51 heavy (non-hydrogen) atoms. The summed E-state index contributed by atoms with van der Waals surface area (Å²) in [5, 5.41) is 11.0. The third kappa shape index (κ3) is 15.6. The number of methoxy groups -OCH3 is 1. The zero-order chi connectivity index (χ0) is 40.3. The minimum absolute atomic E-state index is 0.0108. The fraction of sp³-hybridized carbons (Fsp3) is 0.897. The lowest BCUT2D eigenvalue weighted by molar-refractivity contribution is -0.890. The smallest absolute Gasteiger partial charge is 0.139 e. The highest BCUT2D eigenvalue weighted by Gasteiger charge is 2.57. The van der Waals surface area contributed by atoms with E-state index >= 15 is 0 Å². The first-order valence-electron chi connectivity index (χ1n) is 18.8. The van der Waals surface area contributed by atoms with Crippen LogP contribution in [0.2, 0.25) is 0 Å². The number of ketones is 3. The van der Waals surface area contributed by atoms with E-state index in [0.29, 0.717) is 69.2 Å². The van der Waals surface area contributed by atoms with Gasteiger partial charge < -0.3 is 28.2 Å². The van der Waals surface area contributed by atoms with Gasteiger partial charge in [0, 0.05) is 74.5 Å². The summed E-state index contributed by atoms with van der Waals surface area (Å²) in [4.78, 5) is 54.4. The molecular formula is C39H74N2O9S. The van der Waals surface area contributed by atoms with Gasteiger partial charge in [-0.25, -0.2) is 8.42 Å². The Hall–Kier alpha value is -1.73. The molecule has 12 heteroatoms. The van der Waals surface area contributed by atoms with Crippen LogP contribution in [0.4, 0.5) is 0 Å². The zero-order valence-electron chi connectivity index (χ0n) is 34.7. The van der Waals surface area contributed by atoms with E-state index in [9.17, 15) is 37.3 Å². The van der Waals surface area contributed by atoms with Crippen molar-refractivity contribution >= 4 is 33.4 Å². The number of Topliss-reactive ketones (excluding diaryl/α,β-unsaturated/α-hetero) is 3. The van der Waals surface area contributed by atoms with Crippen LogP contribution in [0.15, 0.2) is 0 Å². The molecule has 0 saturated heterocycles. The molecule has 5 unspecified atom stereocenters. The van der Waals surface area contributed by atoms with Gasteiger partial charge in [0.15, 0.2) is 0 Å². The summed E-state index contributed by atoms with van der Waals surface area (Å²) in [5.41, 5.74) is -3.10. The molecule has 5 atom stereocenters. The highest BCUT2D eigenvalue weighted by molar-refractivity contribution is 7.85. The van der Waals surface area contributed by atoms with Crippen LogP contribution in [-0.4, -0.2) is 119 Å². The molecule has 0 spiro atoms. The van der Waals surface area contributed by atoms with Crippen LogP contribution in [-0.2, 0) is 34.0 Å². The Balaban J connectivity index is 6.73. The van der Waals surface area contributed by atoms with Gasteiger partial charge in [-0.1, -0.05) is 62.3 Å². The van der Waals surface area contributed by atoms with Crippen LogP contribution in [0.3, 0.4) is 0 Å². The molecule has 0 aliphatic heterocycles. The molecule has 0 aromatic rings. The largest absolute Gasteiger partial charge is 0.748 e. The molecule has 0 aliphatic carbocycles. The lowest BCUT2D eigenvalue weighted by Crippen LogP contribution is -2.55. The molecule has 0 bridgehead atoms. The maximum atomic E-state index is 14.6. The molecule has 0 heterocycles. The number of carboxylic acids is 1. The van der Waals surface area contributed by atoms with Crippen LogP contribution >= 0.6 is 0 Å². The third-order valence-corrected chi connectivity index (χ3v) is 12.9. The molecule has 0 fully saturated rings. The molecule has 0 amide bonds. The van der Waals surface area contributed by atoms with Gasteiger partial charge in [-0.05, 0) is 36.5 Å². The maximum absolute atomic E-state index is 14.6. The zero-order valence-corrected chi connectivity index (χ0v) is 35.6. The predicted octanol–water partition coefficient (Wildman–Crippen LogP) is 4.66. The standard InChI is InChI=1S/C39H74N2O9S/c1-15-37(7,32(42)19-16-23-40(10,11)25-22-35(45)46)30(2)39(9,34(44)21-18-27-50-14)31(3)38(8,29-36(4,5)6)33(43)20-17-24-41(12,13)26-28-51(47,48)49/h30-31H,15-29H2,1-14H3. The van der Waals surface area contributed by atoms with Crippen LogP contribution in [0.1, 0.15) is 120 Å². The Morgan fingerprint density at radius 2 is 1.12 bits per heavy atom. The molecule has 0 saturated carbocycles. The van der Waals surface area contributed by atoms with Crippen LogP contribution in [0, 0.1) is 33.5 Å². The Morgan fingerprint density at radius 3 is 1.53 bits per heavy atom. The number of quaternary nitrogens is 2. The average molecular weight is 747 g/mol. The van der Waals surface area contributed by atoms with E-state index in [0.717, 1.165) is 0 Å². The van der Waals surface area contributed by atoms with Crippen molar-refractivity contribution in [1.82, 2.24) is 0 Å². The van der Waals surface area contributed by atoms with Gasteiger partial charge in [-0.15, -0.1) is 0 Å². The predicted molar refractivity (Wildman–Crippen MR) is 199 cm³/mol. The molecule has 0 radical (unpaired) electrons. The summed E-state index contributed by atoms with van der Waals surface area (Å²) in [6.07, 6.45) is 3.36. The van der Waals surface area contributed by atoms with E-state index < -0.39 is 49.9 Å².